The van der Waals surface area contributed by atoms with Gasteiger partial charge in [-0.15, -0.1) is 0 Å². The lowest BCUT2D eigenvalue weighted by Gasteiger charge is -2.38. The fourth-order valence-electron chi connectivity index (χ4n) is 2.85. The molecule has 1 aromatic carbocycles. The van der Waals surface area contributed by atoms with Crippen molar-refractivity contribution in [1.82, 2.24) is 5.32 Å². The third-order valence-electron chi connectivity index (χ3n) is 4.31. The highest BCUT2D eigenvalue weighted by atomic mass is 79.9. The number of carboxylic acids is 1. The molecule has 1 saturated carbocycles. The van der Waals surface area contributed by atoms with Gasteiger partial charge in [-0.05, 0) is 37.5 Å². The number of carbonyl (C=O) groups is 2. The molecule has 1 amide bonds. The molecule has 2 unspecified atom stereocenters. The number of amides is 1. The van der Waals surface area contributed by atoms with Crippen molar-refractivity contribution in [2.45, 2.75) is 45.1 Å². The molecule has 5 heteroatoms. The fourth-order valence-corrected chi connectivity index (χ4v) is 3.12. The third kappa shape index (κ3) is 3.84. The number of carboxylic acid groups (broad SMARTS) is 1. The molecule has 1 aliphatic rings. The molecule has 2 rings (SSSR count). The Morgan fingerprint density at radius 2 is 2.00 bits per heavy atom. The summed E-state index contributed by atoms with van der Waals surface area (Å²) in [6.45, 7) is 1.74. The molecule has 1 fully saturated rings. The van der Waals surface area contributed by atoms with E-state index in [1.807, 2.05) is 24.3 Å². The summed E-state index contributed by atoms with van der Waals surface area (Å²) >= 11 is 3.36. The van der Waals surface area contributed by atoms with E-state index in [-0.39, 0.29) is 18.4 Å². The van der Waals surface area contributed by atoms with Gasteiger partial charge in [-0.3, -0.25) is 9.59 Å². The van der Waals surface area contributed by atoms with Crippen molar-refractivity contribution in [3.05, 3.63) is 34.3 Å². The van der Waals surface area contributed by atoms with Gasteiger partial charge in [0, 0.05) is 10.5 Å². The summed E-state index contributed by atoms with van der Waals surface area (Å²) in [5.41, 5.74) is 0.0664. The molecule has 114 valence electrons. The van der Waals surface area contributed by atoms with Crippen LogP contribution in [0.5, 0.6) is 0 Å². The molecule has 1 aromatic rings. The molecule has 2 atom stereocenters. The van der Waals surface area contributed by atoms with Gasteiger partial charge in [0.05, 0.1) is 11.8 Å². The lowest BCUT2D eigenvalue weighted by atomic mass is 9.71. The zero-order valence-corrected chi connectivity index (χ0v) is 13.6. The van der Waals surface area contributed by atoms with E-state index in [9.17, 15) is 14.7 Å². The van der Waals surface area contributed by atoms with Gasteiger partial charge in [0.25, 0.3) is 0 Å². The number of halogens is 1. The Labute approximate surface area is 133 Å². The summed E-state index contributed by atoms with van der Waals surface area (Å²) in [5.74, 6) is -0.937. The van der Waals surface area contributed by atoms with E-state index in [4.69, 9.17) is 0 Å². The lowest BCUT2D eigenvalue weighted by molar-refractivity contribution is -0.152. The van der Waals surface area contributed by atoms with Gasteiger partial charge in [-0.1, -0.05) is 40.9 Å². The van der Waals surface area contributed by atoms with Crippen molar-refractivity contribution < 1.29 is 14.7 Å². The van der Waals surface area contributed by atoms with Gasteiger partial charge < -0.3 is 10.4 Å². The zero-order valence-electron chi connectivity index (χ0n) is 12.1. The molecular weight excluding hydrogens is 334 g/mol. The van der Waals surface area contributed by atoms with Gasteiger partial charge in [0.15, 0.2) is 0 Å². The minimum atomic E-state index is -0.854. The number of carbonyl (C=O) groups excluding carboxylic acids is 1. The average Bonchev–Trinajstić information content (AvgIpc) is 2.44. The highest BCUT2D eigenvalue weighted by Gasteiger charge is 2.43. The predicted molar refractivity (Wildman–Crippen MR) is 84.0 cm³/mol. The van der Waals surface area contributed by atoms with Crippen molar-refractivity contribution >= 4 is 27.8 Å². The third-order valence-corrected chi connectivity index (χ3v) is 4.84. The van der Waals surface area contributed by atoms with Crippen LogP contribution in [-0.2, 0) is 16.0 Å². The summed E-state index contributed by atoms with van der Waals surface area (Å²) in [6.07, 6.45) is 3.49. The van der Waals surface area contributed by atoms with Crippen molar-refractivity contribution in [2.75, 3.05) is 0 Å². The van der Waals surface area contributed by atoms with Crippen LogP contribution in [0.3, 0.4) is 0 Å². The minimum Gasteiger partial charge on any atom is -0.481 e. The van der Waals surface area contributed by atoms with Crippen molar-refractivity contribution in [2.24, 2.45) is 5.41 Å². The Morgan fingerprint density at radius 1 is 1.33 bits per heavy atom. The van der Waals surface area contributed by atoms with Crippen LogP contribution in [0.1, 0.15) is 38.2 Å². The molecule has 0 aliphatic heterocycles. The van der Waals surface area contributed by atoms with E-state index in [0.29, 0.717) is 6.42 Å². The number of benzene rings is 1. The summed E-state index contributed by atoms with van der Waals surface area (Å²) in [4.78, 5) is 23.7. The zero-order chi connectivity index (χ0) is 15.5. The summed E-state index contributed by atoms with van der Waals surface area (Å²) < 4.78 is 0.970. The number of rotatable bonds is 4. The van der Waals surface area contributed by atoms with Crippen molar-refractivity contribution in [3.8, 4) is 0 Å². The van der Waals surface area contributed by atoms with Gasteiger partial charge in [0.2, 0.25) is 5.91 Å². The van der Waals surface area contributed by atoms with Crippen LogP contribution >= 0.6 is 15.9 Å². The van der Waals surface area contributed by atoms with Crippen LogP contribution in [0.25, 0.3) is 0 Å². The topological polar surface area (TPSA) is 66.4 Å². The molecule has 0 aromatic heterocycles. The van der Waals surface area contributed by atoms with Crippen LogP contribution in [0.2, 0.25) is 0 Å². The van der Waals surface area contributed by atoms with Crippen LogP contribution in [0.15, 0.2) is 28.7 Å². The Hall–Kier alpha value is -1.36. The minimum absolute atomic E-state index is 0.114. The first-order chi connectivity index (χ1) is 9.91. The molecule has 0 saturated heterocycles. The number of hydrogen-bond acceptors (Lipinski definition) is 2. The normalized spacial score (nSPS) is 25.3. The average molecular weight is 354 g/mol. The fraction of sp³-hybridized carbons (Fsp3) is 0.500. The molecule has 0 radical (unpaired) electrons. The van der Waals surface area contributed by atoms with Gasteiger partial charge in [0.1, 0.15) is 0 Å². The first-order valence-electron chi connectivity index (χ1n) is 7.19. The van der Waals surface area contributed by atoms with E-state index < -0.39 is 11.4 Å². The van der Waals surface area contributed by atoms with Gasteiger partial charge >= 0.3 is 5.97 Å². The van der Waals surface area contributed by atoms with E-state index >= 15 is 0 Å². The number of nitrogens with one attached hydrogen (secondary N) is 1. The lowest BCUT2D eigenvalue weighted by Crippen LogP contribution is -2.52. The first-order valence-corrected chi connectivity index (χ1v) is 7.98. The van der Waals surface area contributed by atoms with E-state index in [0.717, 1.165) is 29.3 Å². The first kappa shape index (κ1) is 16.0. The van der Waals surface area contributed by atoms with Crippen molar-refractivity contribution in [3.63, 3.8) is 0 Å². The number of aliphatic carboxylic acids is 1. The summed E-state index contributed by atoms with van der Waals surface area (Å²) in [5, 5.41) is 12.4. The number of hydrogen-bond donors (Lipinski definition) is 2. The Balaban J connectivity index is 2.00. The molecule has 21 heavy (non-hydrogen) atoms. The van der Waals surface area contributed by atoms with E-state index in [2.05, 4.69) is 21.2 Å². The van der Waals surface area contributed by atoms with Crippen LogP contribution in [0.4, 0.5) is 0 Å². The van der Waals surface area contributed by atoms with Crippen LogP contribution < -0.4 is 5.32 Å². The summed E-state index contributed by atoms with van der Waals surface area (Å²) in [7, 11) is 0. The smallest absolute Gasteiger partial charge is 0.311 e. The highest BCUT2D eigenvalue weighted by molar-refractivity contribution is 9.10. The summed E-state index contributed by atoms with van der Waals surface area (Å²) in [6, 6.07) is 7.28. The molecule has 2 N–H and O–H groups in total. The second-order valence-electron chi connectivity index (χ2n) is 5.89. The van der Waals surface area contributed by atoms with Crippen molar-refractivity contribution in [1.29, 1.82) is 0 Å². The maximum absolute atomic E-state index is 12.2. The van der Waals surface area contributed by atoms with Gasteiger partial charge in [-0.25, -0.2) is 0 Å². The SMILES string of the molecule is CC1(C(=O)O)CCCCC1NC(=O)Cc1ccc(Br)cc1. The maximum Gasteiger partial charge on any atom is 0.311 e. The molecule has 0 spiro atoms. The van der Waals surface area contributed by atoms with Gasteiger partial charge in [-0.2, -0.15) is 0 Å². The highest BCUT2D eigenvalue weighted by Crippen LogP contribution is 2.36. The quantitative estimate of drug-likeness (QED) is 0.873. The maximum atomic E-state index is 12.2. The second-order valence-corrected chi connectivity index (χ2v) is 6.81. The largest absolute Gasteiger partial charge is 0.481 e. The van der Waals surface area contributed by atoms with Crippen LogP contribution in [0, 0.1) is 5.41 Å². The molecule has 1 aliphatic carbocycles. The Morgan fingerprint density at radius 3 is 2.62 bits per heavy atom. The second kappa shape index (κ2) is 6.60. The molecular formula is C16H20BrNO3. The van der Waals surface area contributed by atoms with E-state index in [1.54, 1.807) is 6.92 Å². The van der Waals surface area contributed by atoms with E-state index in [1.165, 1.54) is 0 Å². The van der Waals surface area contributed by atoms with Crippen LogP contribution in [-0.4, -0.2) is 23.0 Å². The monoisotopic (exact) mass is 353 g/mol. The molecule has 0 bridgehead atoms. The molecule has 0 heterocycles. The molecule has 4 nitrogen and oxygen atoms in total. The standard InChI is InChI=1S/C16H20BrNO3/c1-16(15(20)21)9-3-2-4-13(16)18-14(19)10-11-5-7-12(17)8-6-11/h5-8,13H,2-4,9-10H2,1H3,(H,18,19)(H,20,21). The Kier molecular flexibility index (Phi) is 5.04. The Bertz CT molecular complexity index is 529. The predicted octanol–water partition coefficient (Wildman–Crippen LogP) is 3.14.